The second kappa shape index (κ2) is 5.28. The number of pyridine rings is 1. The number of hydrogen-bond donors (Lipinski definition) is 3. The van der Waals surface area contributed by atoms with Crippen LogP contribution in [0.1, 0.15) is 28.9 Å². The number of nitrogens with zero attached hydrogens (tertiary/aromatic N) is 1. The number of aromatic carboxylic acids is 1. The molecule has 0 aromatic carbocycles. The summed E-state index contributed by atoms with van der Waals surface area (Å²) in [7, 11) is 0. The molecule has 0 radical (unpaired) electrons. The lowest BCUT2D eigenvalue weighted by Crippen LogP contribution is -2.33. The Hall–Kier alpha value is -1.83. The van der Waals surface area contributed by atoms with Crippen LogP contribution >= 0.6 is 0 Å². The highest BCUT2D eigenvalue weighted by atomic mass is 19.4. The molecule has 1 aliphatic rings. The Labute approximate surface area is 112 Å². The molecule has 20 heavy (non-hydrogen) atoms. The first-order valence-corrected chi connectivity index (χ1v) is 6.01. The molecule has 0 spiro atoms. The summed E-state index contributed by atoms with van der Waals surface area (Å²) in [5.41, 5.74) is -1.45. The highest BCUT2D eigenvalue weighted by Gasteiger charge is 2.34. The number of aliphatic hydroxyl groups is 1. The molecule has 5 nitrogen and oxygen atoms in total. The Morgan fingerprint density at radius 1 is 1.40 bits per heavy atom. The molecular formula is C12H13F3N2O3. The van der Waals surface area contributed by atoms with Crippen LogP contribution in [0, 0.1) is 5.92 Å². The van der Waals surface area contributed by atoms with E-state index in [1.165, 1.54) is 0 Å². The zero-order valence-electron chi connectivity index (χ0n) is 10.3. The Kier molecular flexibility index (Phi) is 3.85. The van der Waals surface area contributed by atoms with E-state index in [1.54, 1.807) is 0 Å². The second-order valence-electron chi connectivity index (χ2n) is 4.77. The molecule has 0 aliphatic heterocycles. The van der Waals surface area contributed by atoms with Crippen molar-refractivity contribution in [2.75, 3.05) is 11.9 Å². The minimum Gasteiger partial charge on any atom is -0.478 e. The summed E-state index contributed by atoms with van der Waals surface area (Å²) in [5.74, 6) is -1.53. The number of carbonyl (C=O) groups is 1. The van der Waals surface area contributed by atoms with E-state index < -0.39 is 17.8 Å². The molecular weight excluding hydrogens is 277 g/mol. The zero-order chi connectivity index (χ0) is 14.9. The average Bonchev–Trinajstić information content (AvgIpc) is 2.31. The molecule has 1 saturated carbocycles. The number of rotatable bonds is 4. The van der Waals surface area contributed by atoms with Gasteiger partial charge in [0.1, 0.15) is 17.1 Å². The molecule has 1 heterocycles. The molecule has 0 saturated heterocycles. The molecule has 0 unspecified atom stereocenters. The smallest absolute Gasteiger partial charge is 0.433 e. The summed E-state index contributed by atoms with van der Waals surface area (Å²) in [6.07, 6.45) is -3.90. The largest absolute Gasteiger partial charge is 0.478 e. The van der Waals surface area contributed by atoms with Crippen LogP contribution in [-0.4, -0.2) is 33.8 Å². The Morgan fingerprint density at radius 3 is 2.55 bits per heavy atom. The van der Waals surface area contributed by atoms with Crippen LogP contribution in [0.2, 0.25) is 0 Å². The van der Waals surface area contributed by atoms with Crippen LogP contribution in [0.5, 0.6) is 0 Å². The maximum atomic E-state index is 12.6. The minimum absolute atomic E-state index is 0.114. The van der Waals surface area contributed by atoms with Crippen LogP contribution in [0.3, 0.4) is 0 Å². The third-order valence-electron chi connectivity index (χ3n) is 3.19. The van der Waals surface area contributed by atoms with Crippen LogP contribution < -0.4 is 5.32 Å². The maximum absolute atomic E-state index is 12.6. The van der Waals surface area contributed by atoms with Crippen LogP contribution in [0.25, 0.3) is 0 Å². The predicted molar refractivity (Wildman–Crippen MR) is 63.4 cm³/mol. The van der Waals surface area contributed by atoms with E-state index in [2.05, 4.69) is 10.3 Å². The van der Waals surface area contributed by atoms with Gasteiger partial charge in [0.2, 0.25) is 0 Å². The summed E-state index contributed by atoms with van der Waals surface area (Å²) in [5, 5.41) is 20.7. The van der Waals surface area contributed by atoms with Crippen molar-refractivity contribution in [3.8, 4) is 0 Å². The first-order chi connectivity index (χ1) is 9.27. The van der Waals surface area contributed by atoms with Crippen molar-refractivity contribution in [1.82, 2.24) is 4.98 Å². The Morgan fingerprint density at radius 2 is 2.05 bits per heavy atom. The highest BCUT2D eigenvalue weighted by molar-refractivity contribution is 5.93. The lowest BCUT2D eigenvalue weighted by atomic mass is 9.82. The van der Waals surface area contributed by atoms with Gasteiger partial charge in [-0.05, 0) is 30.9 Å². The van der Waals surface area contributed by atoms with Crippen molar-refractivity contribution < 1.29 is 28.2 Å². The van der Waals surface area contributed by atoms with Gasteiger partial charge < -0.3 is 15.5 Å². The number of nitrogens with one attached hydrogen (secondary N) is 1. The lowest BCUT2D eigenvalue weighted by Gasteiger charge is -2.31. The van der Waals surface area contributed by atoms with Crippen molar-refractivity contribution >= 4 is 11.8 Å². The van der Waals surface area contributed by atoms with Gasteiger partial charge >= 0.3 is 12.1 Å². The van der Waals surface area contributed by atoms with Crippen molar-refractivity contribution in [2.24, 2.45) is 5.92 Å². The van der Waals surface area contributed by atoms with Gasteiger partial charge in [0.25, 0.3) is 0 Å². The number of alkyl halides is 3. The van der Waals surface area contributed by atoms with E-state index >= 15 is 0 Å². The summed E-state index contributed by atoms with van der Waals surface area (Å²) in [6.45, 7) is 0.283. The van der Waals surface area contributed by atoms with Crippen molar-refractivity contribution in [2.45, 2.75) is 25.1 Å². The highest BCUT2D eigenvalue weighted by Crippen LogP contribution is 2.31. The molecule has 1 aliphatic carbocycles. The number of halogens is 3. The molecule has 0 atom stereocenters. The number of carboxylic acid groups (broad SMARTS) is 1. The molecule has 2 rings (SSSR count). The van der Waals surface area contributed by atoms with Gasteiger partial charge in [-0.25, -0.2) is 9.78 Å². The monoisotopic (exact) mass is 290 g/mol. The summed E-state index contributed by atoms with van der Waals surface area (Å²) in [4.78, 5) is 14.3. The van der Waals surface area contributed by atoms with Crippen molar-refractivity contribution in [3.05, 3.63) is 23.4 Å². The molecule has 110 valence electrons. The number of anilines is 1. The molecule has 3 N–H and O–H groups in total. The van der Waals surface area contributed by atoms with Crippen molar-refractivity contribution in [3.63, 3.8) is 0 Å². The third kappa shape index (κ3) is 3.19. The van der Waals surface area contributed by atoms with E-state index in [9.17, 15) is 18.0 Å². The molecule has 1 fully saturated rings. The fraction of sp³-hybridized carbons (Fsp3) is 0.500. The van der Waals surface area contributed by atoms with Gasteiger partial charge in [-0.1, -0.05) is 0 Å². The normalized spacial score (nSPS) is 22.2. The van der Waals surface area contributed by atoms with Gasteiger partial charge in [0, 0.05) is 6.54 Å². The zero-order valence-corrected chi connectivity index (χ0v) is 10.3. The summed E-state index contributed by atoms with van der Waals surface area (Å²) < 4.78 is 37.7. The molecule has 0 amide bonds. The number of carboxylic acids is 1. The molecule has 8 heteroatoms. The van der Waals surface area contributed by atoms with Crippen LogP contribution in [0.4, 0.5) is 19.0 Å². The van der Waals surface area contributed by atoms with E-state index in [-0.39, 0.29) is 29.9 Å². The first kappa shape index (κ1) is 14.6. The molecule has 1 aromatic rings. The Bertz CT molecular complexity index is 513. The average molecular weight is 290 g/mol. The number of hydrogen-bond acceptors (Lipinski definition) is 4. The van der Waals surface area contributed by atoms with Gasteiger partial charge in [-0.2, -0.15) is 13.2 Å². The van der Waals surface area contributed by atoms with Gasteiger partial charge in [-0.15, -0.1) is 0 Å². The number of aromatic nitrogens is 1. The van der Waals surface area contributed by atoms with Gasteiger partial charge in [0.15, 0.2) is 0 Å². The van der Waals surface area contributed by atoms with E-state index in [4.69, 9.17) is 10.2 Å². The minimum atomic E-state index is -4.62. The fourth-order valence-corrected chi connectivity index (χ4v) is 2.03. The SMILES string of the molecule is O=C(O)c1ccc(C(F)(F)F)nc1NCC1CC(O)C1. The predicted octanol–water partition coefficient (Wildman–Crippen LogP) is 1.98. The van der Waals surface area contributed by atoms with Crippen LogP contribution in [0.15, 0.2) is 12.1 Å². The second-order valence-corrected chi connectivity index (χ2v) is 4.77. The van der Waals surface area contributed by atoms with Crippen LogP contribution in [-0.2, 0) is 6.18 Å². The van der Waals surface area contributed by atoms with E-state index in [0.717, 1.165) is 6.07 Å². The van der Waals surface area contributed by atoms with Crippen molar-refractivity contribution in [1.29, 1.82) is 0 Å². The third-order valence-corrected chi connectivity index (χ3v) is 3.19. The van der Waals surface area contributed by atoms with E-state index in [1.807, 2.05) is 0 Å². The number of aliphatic hydroxyl groups excluding tert-OH is 1. The summed E-state index contributed by atoms with van der Waals surface area (Å²) in [6, 6.07) is 1.53. The first-order valence-electron chi connectivity index (χ1n) is 6.01. The lowest BCUT2D eigenvalue weighted by molar-refractivity contribution is -0.141. The molecule has 1 aromatic heterocycles. The quantitative estimate of drug-likeness (QED) is 0.790. The van der Waals surface area contributed by atoms with Gasteiger partial charge in [0.05, 0.1) is 6.10 Å². The fourth-order valence-electron chi connectivity index (χ4n) is 2.03. The molecule has 0 bridgehead atoms. The Balaban J connectivity index is 2.16. The maximum Gasteiger partial charge on any atom is 0.433 e. The standard InChI is InChI=1S/C12H13F3N2O3/c13-12(14,15)9-2-1-8(11(19)20)10(17-9)16-5-6-3-7(18)4-6/h1-2,6-7,18H,3-5H2,(H,16,17)(H,19,20). The summed E-state index contributed by atoms with van der Waals surface area (Å²) >= 11 is 0. The van der Waals surface area contributed by atoms with E-state index in [0.29, 0.717) is 18.9 Å². The topological polar surface area (TPSA) is 82.5 Å². The van der Waals surface area contributed by atoms with Gasteiger partial charge in [-0.3, -0.25) is 0 Å².